The number of halogens is 2. The minimum absolute atomic E-state index is 0. The minimum atomic E-state index is 0. The first-order valence-electron chi connectivity index (χ1n) is 6.89. The molecule has 2 aromatic rings. The summed E-state index contributed by atoms with van der Waals surface area (Å²) in [6.45, 7) is 1.31. The summed E-state index contributed by atoms with van der Waals surface area (Å²) in [7, 11) is 3.40. The predicted octanol–water partition coefficient (Wildman–Crippen LogP) is 3.23. The summed E-state index contributed by atoms with van der Waals surface area (Å²) in [5, 5.41) is 6.98. The maximum absolute atomic E-state index is 5.76. The highest BCUT2D eigenvalue weighted by Crippen LogP contribution is 2.10. The Hall–Kier alpha value is -1.54. The van der Waals surface area contributed by atoms with Crippen molar-refractivity contribution in [2.24, 2.45) is 4.99 Å². The van der Waals surface area contributed by atoms with Crippen LogP contribution in [0.1, 0.15) is 11.1 Å². The molecule has 0 saturated carbocycles. The van der Waals surface area contributed by atoms with E-state index in [2.05, 4.69) is 20.6 Å². The van der Waals surface area contributed by atoms with Gasteiger partial charge in [-0.1, -0.05) is 29.8 Å². The maximum atomic E-state index is 5.76. The number of aliphatic imine (C=N–C) groups is 1. The van der Waals surface area contributed by atoms with Crippen LogP contribution in [-0.2, 0) is 13.1 Å². The Kier molecular flexibility index (Phi) is 8.71. The van der Waals surface area contributed by atoms with Crippen molar-refractivity contribution >= 4 is 41.5 Å². The smallest absolute Gasteiger partial charge is 0.191 e. The van der Waals surface area contributed by atoms with E-state index in [0.717, 1.165) is 22.8 Å². The predicted molar refractivity (Wildman–Crippen MR) is 105 cm³/mol. The SMILES string of the molecule is CN=C(NCc1ccc(OC)cc1)NCc1ccc(Cl)nc1.I. The monoisotopic (exact) mass is 446 g/mol. The maximum Gasteiger partial charge on any atom is 0.191 e. The number of nitrogens with zero attached hydrogens (tertiary/aromatic N) is 2. The third kappa shape index (κ3) is 6.62. The summed E-state index contributed by atoms with van der Waals surface area (Å²) in [5.74, 6) is 1.58. The summed E-state index contributed by atoms with van der Waals surface area (Å²) in [6.07, 6.45) is 1.74. The van der Waals surface area contributed by atoms with Crippen LogP contribution in [0.4, 0.5) is 0 Å². The molecule has 0 aliphatic heterocycles. The van der Waals surface area contributed by atoms with Gasteiger partial charge in [0.1, 0.15) is 10.9 Å². The Labute approximate surface area is 158 Å². The zero-order valence-electron chi connectivity index (χ0n) is 13.0. The van der Waals surface area contributed by atoms with Gasteiger partial charge in [0.15, 0.2) is 5.96 Å². The number of rotatable bonds is 5. The molecular formula is C16H20ClIN4O. The second-order valence-corrected chi connectivity index (χ2v) is 5.00. The summed E-state index contributed by atoms with van der Waals surface area (Å²) in [4.78, 5) is 8.24. The van der Waals surface area contributed by atoms with E-state index in [9.17, 15) is 0 Å². The van der Waals surface area contributed by atoms with E-state index in [4.69, 9.17) is 16.3 Å². The van der Waals surface area contributed by atoms with E-state index in [-0.39, 0.29) is 24.0 Å². The quantitative estimate of drug-likeness (QED) is 0.320. The Morgan fingerprint density at radius 2 is 1.70 bits per heavy atom. The molecule has 0 unspecified atom stereocenters. The lowest BCUT2D eigenvalue weighted by Gasteiger charge is -2.12. The highest BCUT2D eigenvalue weighted by Gasteiger charge is 2.00. The van der Waals surface area contributed by atoms with E-state index in [1.54, 1.807) is 26.4 Å². The number of pyridine rings is 1. The third-order valence-electron chi connectivity index (χ3n) is 3.09. The molecule has 0 aliphatic carbocycles. The Bertz CT molecular complexity index is 617. The normalized spacial score (nSPS) is 10.7. The molecule has 0 spiro atoms. The number of hydrogen-bond acceptors (Lipinski definition) is 3. The van der Waals surface area contributed by atoms with E-state index >= 15 is 0 Å². The molecule has 5 nitrogen and oxygen atoms in total. The van der Waals surface area contributed by atoms with E-state index < -0.39 is 0 Å². The van der Waals surface area contributed by atoms with Crippen molar-refractivity contribution in [2.75, 3.05) is 14.2 Å². The van der Waals surface area contributed by atoms with Crippen molar-refractivity contribution in [1.82, 2.24) is 15.6 Å². The van der Waals surface area contributed by atoms with Crippen molar-refractivity contribution in [3.63, 3.8) is 0 Å². The lowest BCUT2D eigenvalue weighted by atomic mass is 10.2. The molecule has 1 heterocycles. The number of guanidine groups is 1. The molecule has 124 valence electrons. The van der Waals surface area contributed by atoms with Gasteiger partial charge in [-0.05, 0) is 29.3 Å². The van der Waals surface area contributed by atoms with Crippen LogP contribution < -0.4 is 15.4 Å². The van der Waals surface area contributed by atoms with Gasteiger partial charge in [0.25, 0.3) is 0 Å². The van der Waals surface area contributed by atoms with Crippen LogP contribution in [0.25, 0.3) is 0 Å². The Balaban J connectivity index is 0.00000264. The first-order chi connectivity index (χ1) is 10.7. The molecule has 2 rings (SSSR count). The van der Waals surface area contributed by atoms with Crippen molar-refractivity contribution in [2.45, 2.75) is 13.1 Å². The first kappa shape index (κ1) is 19.5. The average Bonchev–Trinajstić information content (AvgIpc) is 2.57. The average molecular weight is 447 g/mol. The number of methoxy groups -OCH3 is 1. The van der Waals surface area contributed by atoms with E-state index in [0.29, 0.717) is 18.2 Å². The van der Waals surface area contributed by atoms with Gasteiger partial charge in [-0.2, -0.15) is 0 Å². The van der Waals surface area contributed by atoms with Gasteiger partial charge in [0, 0.05) is 26.3 Å². The van der Waals surface area contributed by atoms with Gasteiger partial charge < -0.3 is 15.4 Å². The van der Waals surface area contributed by atoms with Crippen LogP contribution in [0, 0.1) is 0 Å². The van der Waals surface area contributed by atoms with Gasteiger partial charge in [0.05, 0.1) is 7.11 Å². The molecule has 7 heteroatoms. The molecular weight excluding hydrogens is 427 g/mol. The molecule has 0 aliphatic rings. The van der Waals surface area contributed by atoms with Crippen LogP contribution in [0.5, 0.6) is 5.75 Å². The topological polar surface area (TPSA) is 58.5 Å². The van der Waals surface area contributed by atoms with Crippen molar-refractivity contribution < 1.29 is 4.74 Å². The number of ether oxygens (including phenoxy) is 1. The van der Waals surface area contributed by atoms with Crippen molar-refractivity contribution in [1.29, 1.82) is 0 Å². The van der Waals surface area contributed by atoms with Crippen LogP contribution in [0.3, 0.4) is 0 Å². The Morgan fingerprint density at radius 1 is 1.09 bits per heavy atom. The zero-order valence-corrected chi connectivity index (χ0v) is 16.1. The Morgan fingerprint density at radius 3 is 2.22 bits per heavy atom. The summed E-state index contributed by atoms with van der Waals surface area (Å²) in [6, 6.07) is 11.6. The van der Waals surface area contributed by atoms with Crippen molar-refractivity contribution in [3.8, 4) is 5.75 Å². The molecule has 0 fully saturated rings. The highest BCUT2D eigenvalue weighted by molar-refractivity contribution is 14.0. The van der Waals surface area contributed by atoms with Gasteiger partial charge in [-0.3, -0.25) is 4.99 Å². The summed E-state index contributed by atoms with van der Waals surface area (Å²) >= 11 is 5.76. The lowest BCUT2D eigenvalue weighted by molar-refractivity contribution is 0.414. The molecule has 1 aromatic heterocycles. The molecule has 1 aromatic carbocycles. The third-order valence-corrected chi connectivity index (χ3v) is 3.31. The van der Waals surface area contributed by atoms with Gasteiger partial charge in [0.2, 0.25) is 0 Å². The second-order valence-electron chi connectivity index (χ2n) is 4.62. The molecule has 23 heavy (non-hydrogen) atoms. The van der Waals surface area contributed by atoms with Crippen LogP contribution >= 0.6 is 35.6 Å². The molecule has 0 bridgehead atoms. The largest absolute Gasteiger partial charge is 0.497 e. The molecule has 0 atom stereocenters. The number of nitrogens with one attached hydrogen (secondary N) is 2. The van der Waals surface area contributed by atoms with Crippen molar-refractivity contribution in [3.05, 3.63) is 58.9 Å². The highest BCUT2D eigenvalue weighted by atomic mass is 127. The molecule has 0 radical (unpaired) electrons. The number of benzene rings is 1. The first-order valence-corrected chi connectivity index (χ1v) is 7.27. The zero-order chi connectivity index (χ0) is 15.8. The fourth-order valence-electron chi connectivity index (χ4n) is 1.85. The van der Waals surface area contributed by atoms with E-state index in [1.165, 1.54) is 0 Å². The van der Waals surface area contributed by atoms with Gasteiger partial charge in [-0.15, -0.1) is 24.0 Å². The van der Waals surface area contributed by atoms with Gasteiger partial charge >= 0.3 is 0 Å². The lowest BCUT2D eigenvalue weighted by Crippen LogP contribution is -2.36. The van der Waals surface area contributed by atoms with Gasteiger partial charge in [-0.25, -0.2) is 4.98 Å². The fourth-order valence-corrected chi connectivity index (χ4v) is 1.96. The summed E-state index contributed by atoms with van der Waals surface area (Å²) < 4.78 is 5.14. The second kappa shape index (κ2) is 10.3. The fraction of sp³-hybridized carbons (Fsp3) is 0.250. The molecule has 2 N–H and O–H groups in total. The van der Waals surface area contributed by atoms with Crippen LogP contribution in [0.15, 0.2) is 47.6 Å². The molecule has 0 saturated heterocycles. The van der Waals surface area contributed by atoms with E-state index in [1.807, 2.05) is 30.3 Å². The minimum Gasteiger partial charge on any atom is -0.497 e. The summed E-state index contributed by atoms with van der Waals surface area (Å²) in [5.41, 5.74) is 2.19. The van der Waals surface area contributed by atoms with Crippen LogP contribution in [0.2, 0.25) is 5.15 Å². The standard InChI is InChI=1S/C16H19ClN4O.HI/c1-18-16(21-11-13-5-8-15(17)19-10-13)20-9-12-3-6-14(22-2)7-4-12;/h3-8,10H,9,11H2,1-2H3,(H2,18,20,21);1H. The molecule has 0 amide bonds. The van der Waals surface area contributed by atoms with Crippen LogP contribution in [-0.4, -0.2) is 25.1 Å². The number of hydrogen-bond donors (Lipinski definition) is 2. The number of aromatic nitrogens is 1.